The summed E-state index contributed by atoms with van der Waals surface area (Å²) in [6, 6.07) is 0. The molecule has 0 bridgehead atoms. The van der Waals surface area contributed by atoms with E-state index in [-0.39, 0.29) is 29.4 Å². The summed E-state index contributed by atoms with van der Waals surface area (Å²) in [7, 11) is 0. The summed E-state index contributed by atoms with van der Waals surface area (Å²) in [6.07, 6.45) is 7.81. The molecule has 2 heterocycles. The lowest BCUT2D eigenvalue weighted by Crippen LogP contribution is -2.21. The lowest BCUT2D eigenvalue weighted by Gasteiger charge is -2.13. The van der Waals surface area contributed by atoms with Crippen LogP contribution in [0.3, 0.4) is 0 Å². The molecule has 3 unspecified atom stereocenters. The second-order valence-corrected chi connectivity index (χ2v) is 6.82. The third-order valence-corrected chi connectivity index (χ3v) is 4.68. The summed E-state index contributed by atoms with van der Waals surface area (Å²) in [6.45, 7) is 4.66. The summed E-state index contributed by atoms with van der Waals surface area (Å²) in [5, 5.41) is 0. The number of rotatable bonds is 0. The monoisotopic (exact) mass is 296 g/mol. The highest BCUT2D eigenvalue weighted by Gasteiger charge is 2.54. The predicted molar refractivity (Wildman–Crippen MR) is 80.0 cm³/mol. The zero-order valence-corrected chi connectivity index (χ0v) is 13.4. The van der Waals surface area contributed by atoms with Crippen molar-refractivity contribution in [3.05, 3.63) is 0 Å². The lowest BCUT2D eigenvalue weighted by atomic mass is 9.92. The Balaban J connectivity index is 1.83. The van der Waals surface area contributed by atoms with Gasteiger partial charge in [0.15, 0.2) is 0 Å². The molecule has 2 saturated heterocycles. The molecule has 0 N–H and O–H groups in total. The van der Waals surface area contributed by atoms with E-state index in [2.05, 4.69) is 13.8 Å². The number of hydrogen-bond acceptors (Lipinski definition) is 4. The number of Topliss-reactive ketones (excluding diaryl/α,β-unsaturated/α-hetero) is 1. The second-order valence-electron chi connectivity index (χ2n) is 6.82. The molecule has 0 saturated carbocycles. The molecule has 0 aromatic carbocycles. The minimum atomic E-state index is -0.191. The molecule has 2 aliphatic heterocycles. The zero-order valence-electron chi connectivity index (χ0n) is 13.4. The third-order valence-electron chi connectivity index (χ3n) is 4.68. The summed E-state index contributed by atoms with van der Waals surface area (Å²) in [4.78, 5) is 23.3. The van der Waals surface area contributed by atoms with E-state index in [4.69, 9.17) is 9.47 Å². The molecule has 0 amide bonds. The molecular formula is C17H28O4. The van der Waals surface area contributed by atoms with Crippen LogP contribution in [0.4, 0.5) is 0 Å². The summed E-state index contributed by atoms with van der Waals surface area (Å²) >= 11 is 0. The van der Waals surface area contributed by atoms with Gasteiger partial charge in [-0.1, -0.05) is 26.2 Å². The number of hydrogen-bond donors (Lipinski definition) is 0. The van der Waals surface area contributed by atoms with Crippen LogP contribution in [-0.4, -0.2) is 30.1 Å². The predicted octanol–water partition coefficient (Wildman–Crippen LogP) is 3.42. The van der Waals surface area contributed by atoms with Crippen LogP contribution in [0.25, 0.3) is 0 Å². The van der Waals surface area contributed by atoms with Crippen molar-refractivity contribution in [2.45, 2.75) is 83.3 Å². The SMILES string of the molecule is CC1COC(=O)CCCC(=O)CCCCCCC2(C)OC12. The first-order valence-electron chi connectivity index (χ1n) is 8.36. The maximum Gasteiger partial charge on any atom is 0.305 e. The number of carbonyl (C=O) groups excluding carboxylic acids is 2. The van der Waals surface area contributed by atoms with E-state index in [9.17, 15) is 9.59 Å². The Morgan fingerprint density at radius 1 is 1.00 bits per heavy atom. The molecule has 4 heteroatoms. The largest absolute Gasteiger partial charge is 0.465 e. The van der Waals surface area contributed by atoms with E-state index in [0.29, 0.717) is 32.3 Å². The number of ether oxygens (including phenoxy) is 2. The van der Waals surface area contributed by atoms with Crippen LogP contribution >= 0.6 is 0 Å². The van der Waals surface area contributed by atoms with Crippen LogP contribution in [0, 0.1) is 5.92 Å². The van der Waals surface area contributed by atoms with Crippen molar-refractivity contribution in [3.8, 4) is 0 Å². The van der Waals surface area contributed by atoms with Crippen LogP contribution in [0.5, 0.6) is 0 Å². The van der Waals surface area contributed by atoms with Crippen LogP contribution in [-0.2, 0) is 19.1 Å². The minimum absolute atomic E-state index is 0.0291. The Hall–Kier alpha value is -0.900. The van der Waals surface area contributed by atoms with E-state index in [1.54, 1.807) is 0 Å². The van der Waals surface area contributed by atoms with Crippen molar-refractivity contribution in [3.63, 3.8) is 0 Å². The van der Waals surface area contributed by atoms with E-state index >= 15 is 0 Å². The first-order chi connectivity index (χ1) is 10.0. The summed E-state index contributed by atoms with van der Waals surface area (Å²) in [5.74, 6) is 0.332. The van der Waals surface area contributed by atoms with Gasteiger partial charge in [0.25, 0.3) is 0 Å². The van der Waals surface area contributed by atoms with Gasteiger partial charge in [-0.25, -0.2) is 0 Å². The van der Waals surface area contributed by atoms with Crippen molar-refractivity contribution >= 4 is 11.8 Å². The molecule has 2 aliphatic rings. The third kappa shape index (κ3) is 5.10. The quantitative estimate of drug-likeness (QED) is 0.508. The lowest BCUT2D eigenvalue weighted by molar-refractivity contribution is -0.145. The molecule has 0 aromatic rings. The number of epoxide rings is 1. The van der Waals surface area contributed by atoms with E-state index < -0.39 is 0 Å². The average molecular weight is 296 g/mol. The van der Waals surface area contributed by atoms with Gasteiger partial charge >= 0.3 is 5.97 Å². The first kappa shape index (κ1) is 16.5. The molecular weight excluding hydrogens is 268 g/mol. The standard InChI is InChI=1S/C17H28O4/c1-13-12-20-15(19)10-7-9-14(18)8-5-3-4-6-11-17(2)16(13)21-17/h13,16H,3-12H2,1-2H3. The number of fused-ring (bicyclic) bond motifs is 1. The number of ketones is 1. The van der Waals surface area contributed by atoms with Gasteiger partial charge in [0.1, 0.15) is 5.78 Å². The molecule has 2 rings (SSSR count). The molecule has 21 heavy (non-hydrogen) atoms. The Morgan fingerprint density at radius 2 is 1.71 bits per heavy atom. The highest BCUT2D eigenvalue weighted by atomic mass is 16.6. The maximum atomic E-state index is 11.7. The Bertz CT molecular complexity index is 379. The fourth-order valence-electron chi connectivity index (χ4n) is 3.27. The van der Waals surface area contributed by atoms with Crippen molar-refractivity contribution < 1.29 is 19.1 Å². The Labute approximate surface area is 127 Å². The highest BCUT2D eigenvalue weighted by molar-refractivity contribution is 5.79. The molecule has 0 aromatic heterocycles. The van der Waals surface area contributed by atoms with E-state index in [0.717, 1.165) is 25.7 Å². The Kier molecular flexibility index (Phi) is 5.80. The highest BCUT2D eigenvalue weighted by Crippen LogP contribution is 2.45. The first-order valence-corrected chi connectivity index (χ1v) is 8.36. The molecule has 0 spiro atoms. The summed E-state index contributed by atoms with van der Waals surface area (Å²) < 4.78 is 11.2. The number of cyclic esters (lactones) is 1. The van der Waals surface area contributed by atoms with Gasteiger partial charge in [-0.3, -0.25) is 9.59 Å². The van der Waals surface area contributed by atoms with Gasteiger partial charge < -0.3 is 9.47 Å². The van der Waals surface area contributed by atoms with E-state index in [1.165, 1.54) is 6.42 Å². The molecule has 120 valence electrons. The van der Waals surface area contributed by atoms with Crippen molar-refractivity contribution in [1.29, 1.82) is 0 Å². The van der Waals surface area contributed by atoms with Gasteiger partial charge in [0, 0.05) is 25.2 Å². The van der Waals surface area contributed by atoms with Gasteiger partial charge in [-0.15, -0.1) is 0 Å². The number of esters is 1. The fourth-order valence-corrected chi connectivity index (χ4v) is 3.27. The Morgan fingerprint density at radius 3 is 2.52 bits per heavy atom. The maximum absolute atomic E-state index is 11.7. The van der Waals surface area contributed by atoms with Crippen LogP contribution in [0.15, 0.2) is 0 Å². The van der Waals surface area contributed by atoms with Crippen molar-refractivity contribution in [2.75, 3.05) is 6.61 Å². The molecule has 0 radical (unpaired) electrons. The van der Waals surface area contributed by atoms with Crippen molar-refractivity contribution in [1.82, 2.24) is 0 Å². The van der Waals surface area contributed by atoms with Crippen LogP contribution in [0.1, 0.15) is 71.6 Å². The zero-order chi connectivity index (χ0) is 15.3. The van der Waals surface area contributed by atoms with Gasteiger partial charge in [-0.05, 0) is 26.2 Å². The van der Waals surface area contributed by atoms with E-state index in [1.807, 2.05) is 0 Å². The van der Waals surface area contributed by atoms with Gasteiger partial charge in [0.2, 0.25) is 0 Å². The van der Waals surface area contributed by atoms with Gasteiger partial charge in [0.05, 0.1) is 18.3 Å². The topological polar surface area (TPSA) is 55.9 Å². The summed E-state index contributed by atoms with van der Waals surface area (Å²) in [5.41, 5.74) is -0.0291. The van der Waals surface area contributed by atoms with Crippen LogP contribution in [0.2, 0.25) is 0 Å². The second kappa shape index (κ2) is 7.39. The van der Waals surface area contributed by atoms with Gasteiger partial charge in [-0.2, -0.15) is 0 Å². The smallest absolute Gasteiger partial charge is 0.305 e. The molecule has 4 nitrogen and oxygen atoms in total. The normalized spacial score (nSPS) is 36.7. The fraction of sp³-hybridized carbons (Fsp3) is 0.882. The average Bonchev–Trinajstić information content (AvgIpc) is 3.11. The minimum Gasteiger partial charge on any atom is -0.465 e. The van der Waals surface area contributed by atoms with Crippen molar-refractivity contribution in [2.24, 2.45) is 5.92 Å². The molecule has 2 fully saturated rings. The number of carbonyl (C=O) groups is 2. The van der Waals surface area contributed by atoms with Crippen LogP contribution < -0.4 is 0 Å². The molecule has 0 aliphatic carbocycles. The molecule has 3 atom stereocenters.